The second kappa shape index (κ2) is 7.02. The number of aliphatic carboxylic acids is 1. The molecule has 1 N–H and O–H groups in total. The van der Waals surface area contributed by atoms with E-state index >= 15 is 0 Å². The lowest BCUT2D eigenvalue weighted by atomic mass is 9.87. The van der Waals surface area contributed by atoms with Gasteiger partial charge in [-0.15, -0.1) is 0 Å². The van der Waals surface area contributed by atoms with Gasteiger partial charge < -0.3 is 14.7 Å². The van der Waals surface area contributed by atoms with Crippen LogP contribution in [0.2, 0.25) is 0 Å². The average molecular weight is 319 g/mol. The number of likely N-dealkylation sites (tertiary alicyclic amines) is 1. The molecule has 0 spiro atoms. The second-order valence-electron chi connectivity index (χ2n) is 7.03. The smallest absolute Gasteiger partial charge is 0.410 e. The molecule has 2 rings (SSSR count). The molecular formula is C18H25NO4. The molecule has 1 aromatic rings. The van der Waals surface area contributed by atoms with Gasteiger partial charge in [0.2, 0.25) is 0 Å². The van der Waals surface area contributed by atoms with Gasteiger partial charge in [-0.25, -0.2) is 4.79 Å². The van der Waals surface area contributed by atoms with Gasteiger partial charge in [-0.2, -0.15) is 0 Å². The molecule has 1 saturated heterocycles. The third kappa shape index (κ3) is 4.98. The highest BCUT2D eigenvalue weighted by Gasteiger charge is 2.29. The van der Waals surface area contributed by atoms with Gasteiger partial charge in [0, 0.05) is 19.0 Å². The van der Waals surface area contributed by atoms with E-state index in [1.54, 1.807) is 4.90 Å². The maximum absolute atomic E-state index is 12.3. The van der Waals surface area contributed by atoms with Gasteiger partial charge in [0.1, 0.15) is 5.60 Å². The minimum atomic E-state index is -0.836. The van der Waals surface area contributed by atoms with Crippen LogP contribution in [-0.2, 0) is 16.0 Å². The van der Waals surface area contributed by atoms with Crippen molar-refractivity contribution < 1.29 is 19.4 Å². The van der Waals surface area contributed by atoms with Crippen molar-refractivity contribution in [3.63, 3.8) is 0 Å². The standard InChI is InChI=1S/C18H25NO4/c1-18(2,3)23-17(22)19-10-6-8-14(12-19)15-9-5-4-7-13(15)11-16(20)21/h4-5,7,9,14H,6,8,10-12H2,1-3H3,(H,20,21). The van der Waals surface area contributed by atoms with E-state index in [9.17, 15) is 9.59 Å². The lowest BCUT2D eigenvalue weighted by Gasteiger charge is -2.35. The number of carboxylic acids is 1. The number of amides is 1. The van der Waals surface area contributed by atoms with E-state index in [0.717, 1.165) is 24.0 Å². The van der Waals surface area contributed by atoms with E-state index in [1.807, 2.05) is 45.0 Å². The monoisotopic (exact) mass is 319 g/mol. The predicted octanol–water partition coefficient (Wildman–Crippen LogP) is 3.43. The molecule has 23 heavy (non-hydrogen) atoms. The Bertz CT molecular complexity index is 577. The van der Waals surface area contributed by atoms with Crippen LogP contribution in [0.25, 0.3) is 0 Å². The Morgan fingerprint density at radius 3 is 2.65 bits per heavy atom. The van der Waals surface area contributed by atoms with E-state index in [1.165, 1.54) is 0 Å². The van der Waals surface area contributed by atoms with Crippen molar-refractivity contribution in [1.29, 1.82) is 0 Å². The summed E-state index contributed by atoms with van der Waals surface area (Å²) in [5.74, 6) is -0.677. The lowest BCUT2D eigenvalue weighted by Crippen LogP contribution is -2.42. The Kier molecular flexibility index (Phi) is 5.29. The van der Waals surface area contributed by atoms with Gasteiger partial charge >= 0.3 is 12.1 Å². The van der Waals surface area contributed by atoms with Gasteiger partial charge in [0.25, 0.3) is 0 Å². The van der Waals surface area contributed by atoms with Gasteiger partial charge in [0.15, 0.2) is 0 Å². The second-order valence-corrected chi connectivity index (χ2v) is 7.03. The van der Waals surface area contributed by atoms with Crippen molar-refractivity contribution in [2.45, 2.75) is 51.6 Å². The summed E-state index contributed by atoms with van der Waals surface area (Å²) < 4.78 is 5.45. The fraction of sp³-hybridized carbons (Fsp3) is 0.556. The van der Waals surface area contributed by atoms with Gasteiger partial charge in [-0.1, -0.05) is 24.3 Å². The first-order chi connectivity index (χ1) is 10.8. The van der Waals surface area contributed by atoms with Crippen molar-refractivity contribution in [1.82, 2.24) is 4.90 Å². The molecule has 0 saturated carbocycles. The van der Waals surface area contributed by atoms with E-state index in [-0.39, 0.29) is 18.4 Å². The maximum atomic E-state index is 12.3. The van der Waals surface area contributed by atoms with Crippen LogP contribution in [0.1, 0.15) is 50.7 Å². The number of carboxylic acid groups (broad SMARTS) is 1. The average Bonchev–Trinajstić information content (AvgIpc) is 2.45. The van der Waals surface area contributed by atoms with Crippen molar-refractivity contribution in [3.05, 3.63) is 35.4 Å². The molecule has 1 unspecified atom stereocenters. The van der Waals surface area contributed by atoms with Crippen LogP contribution >= 0.6 is 0 Å². The van der Waals surface area contributed by atoms with E-state index in [2.05, 4.69) is 0 Å². The summed E-state index contributed by atoms with van der Waals surface area (Å²) in [6.45, 7) is 6.83. The quantitative estimate of drug-likeness (QED) is 0.927. The van der Waals surface area contributed by atoms with Crippen LogP contribution in [0.15, 0.2) is 24.3 Å². The molecule has 5 heteroatoms. The summed E-state index contributed by atoms with van der Waals surface area (Å²) >= 11 is 0. The molecule has 1 aliphatic rings. The topological polar surface area (TPSA) is 66.8 Å². The third-order valence-electron chi connectivity index (χ3n) is 3.91. The Morgan fingerprint density at radius 1 is 1.30 bits per heavy atom. The van der Waals surface area contributed by atoms with Crippen molar-refractivity contribution >= 4 is 12.1 Å². The minimum Gasteiger partial charge on any atom is -0.481 e. The number of carbonyl (C=O) groups excluding carboxylic acids is 1. The fourth-order valence-corrected chi connectivity index (χ4v) is 2.98. The number of carbonyl (C=O) groups is 2. The van der Waals surface area contributed by atoms with Crippen LogP contribution < -0.4 is 0 Å². The van der Waals surface area contributed by atoms with E-state index in [4.69, 9.17) is 9.84 Å². The zero-order chi connectivity index (χ0) is 17.0. The van der Waals surface area contributed by atoms with Crippen molar-refractivity contribution in [2.75, 3.05) is 13.1 Å². The number of piperidine rings is 1. The molecule has 1 fully saturated rings. The Labute approximate surface area is 137 Å². The SMILES string of the molecule is CC(C)(C)OC(=O)N1CCCC(c2ccccc2CC(=O)O)C1. The zero-order valence-electron chi connectivity index (χ0n) is 14.0. The fourth-order valence-electron chi connectivity index (χ4n) is 2.98. The third-order valence-corrected chi connectivity index (χ3v) is 3.91. The van der Waals surface area contributed by atoms with Gasteiger partial charge in [-0.3, -0.25) is 4.79 Å². The summed E-state index contributed by atoms with van der Waals surface area (Å²) in [6.07, 6.45) is 1.57. The summed E-state index contributed by atoms with van der Waals surface area (Å²) in [5.41, 5.74) is 1.35. The molecule has 1 aliphatic heterocycles. The Hall–Kier alpha value is -2.04. The van der Waals surface area contributed by atoms with E-state index in [0.29, 0.717) is 13.1 Å². The highest BCUT2D eigenvalue weighted by Crippen LogP contribution is 2.30. The summed E-state index contributed by atoms with van der Waals surface area (Å²) in [4.78, 5) is 25.0. The highest BCUT2D eigenvalue weighted by molar-refractivity contribution is 5.71. The minimum absolute atomic E-state index is 0.0130. The number of benzene rings is 1. The maximum Gasteiger partial charge on any atom is 0.410 e. The van der Waals surface area contributed by atoms with Crippen molar-refractivity contribution in [2.24, 2.45) is 0 Å². The van der Waals surface area contributed by atoms with Crippen LogP contribution in [0.3, 0.4) is 0 Å². The van der Waals surface area contributed by atoms with Gasteiger partial charge in [0.05, 0.1) is 6.42 Å². The molecule has 1 atom stereocenters. The first-order valence-electron chi connectivity index (χ1n) is 8.04. The lowest BCUT2D eigenvalue weighted by molar-refractivity contribution is -0.136. The largest absolute Gasteiger partial charge is 0.481 e. The van der Waals surface area contributed by atoms with Crippen LogP contribution in [0, 0.1) is 0 Å². The summed E-state index contributed by atoms with van der Waals surface area (Å²) in [5, 5.41) is 9.07. The number of nitrogens with zero attached hydrogens (tertiary/aromatic N) is 1. The molecule has 126 valence electrons. The Balaban J connectivity index is 2.12. The zero-order valence-corrected chi connectivity index (χ0v) is 14.0. The summed E-state index contributed by atoms with van der Waals surface area (Å²) in [7, 11) is 0. The predicted molar refractivity (Wildman–Crippen MR) is 87.6 cm³/mol. The molecular weight excluding hydrogens is 294 g/mol. The molecule has 0 radical (unpaired) electrons. The first kappa shape index (κ1) is 17.3. The molecule has 1 aromatic carbocycles. The molecule has 5 nitrogen and oxygen atoms in total. The first-order valence-corrected chi connectivity index (χ1v) is 8.04. The van der Waals surface area contributed by atoms with Crippen LogP contribution in [-0.4, -0.2) is 40.8 Å². The van der Waals surface area contributed by atoms with Crippen LogP contribution in [0.4, 0.5) is 4.79 Å². The number of hydrogen-bond acceptors (Lipinski definition) is 3. The number of rotatable bonds is 3. The Morgan fingerprint density at radius 2 is 2.00 bits per heavy atom. The van der Waals surface area contributed by atoms with Crippen molar-refractivity contribution in [3.8, 4) is 0 Å². The molecule has 1 heterocycles. The molecule has 0 bridgehead atoms. The molecule has 0 aliphatic carbocycles. The number of ether oxygens (including phenoxy) is 1. The highest BCUT2D eigenvalue weighted by atomic mass is 16.6. The van der Waals surface area contributed by atoms with Gasteiger partial charge in [-0.05, 0) is 44.7 Å². The van der Waals surface area contributed by atoms with E-state index < -0.39 is 11.6 Å². The molecule has 0 aromatic heterocycles. The molecule has 1 amide bonds. The normalized spacial score (nSPS) is 18.6. The summed E-state index contributed by atoms with van der Waals surface area (Å²) in [6, 6.07) is 7.61. The number of hydrogen-bond donors (Lipinski definition) is 1. The van der Waals surface area contributed by atoms with Crippen LogP contribution in [0.5, 0.6) is 0 Å².